The van der Waals surface area contributed by atoms with Crippen LogP contribution in [0.5, 0.6) is 0 Å². The number of rotatable bonds is 7. The number of para-hydroxylation sites is 2. The van der Waals surface area contributed by atoms with E-state index in [0.29, 0.717) is 6.54 Å². The average Bonchev–Trinajstić information content (AvgIpc) is 2.78. The van der Waals surface area contributed by atoms with Gasteiger partial charge in [-0.15, -0.1) is 6.58 Å². The third kappa shape index (κ3) is 5.00. The van der Waals surface area contributed by atoms with Gasteiger partial charge >= 0.3 is 0 Å². The van der Waals surface area contributed by atoms with E-state index >= 15 is 0 Å². The van der Waals surface area contributed by atoms with Crippen LogP contribution in [-0.2, 0) is 4.79 Å². The van der Waals surface area contributed by atoms with Crippen LogP contribution in [0.2, 0.25) is 0 Å². The van der Waals surface area contributed by atoms with Crippen molar-refractivity contribution in [1.29, 1.82) is 5.26 Å². The highest BCUT2D eigenvalue weighted by atomic mass is 16.1. The zero-order valence-corrected chi connectivity index (χ0v) is 16.0. The van der Waals surface area contributed by atoms with Crippen molar-refractivity contribution in [3.8, 4) is 6.07 Å². The highest BCUT2D eigenvalue weighted by molar-refractivity contribution is 6.01. The Balaban J connectivity index is 1.92. The third-order valence-corrected chi connectivity index (χ3v) is 4.26. The van der Waals surface area contributed by atoms with Crippen molar-refractivity contribution in [2.75, 3.05) is 11.4 Å². The smallest absolute Gasteiger partial charge is 0.262 e. The first kappa shape index (κ1) is 19.7. The number of hydrogen-bond acceptors (Lipinski definition) is 3. The van der Waals surface area contributed by atoms with E-state index in [1.165, 1.54) is 0 Å². The van der Waals surface area contributed by atoms with E-state index in [1.54, 1.807) is 12.2 Å². The molecule has 0 aliphatic heterocycles. The van der Waals surface area contributed by atoms with Gasteiger partial charge in [0.05, 0.1) is 0 Å². The number of nitriles is 1. The fourth-order valence-electron chi connectivity index (χ4n) is 2.90. The predicted octanol–water partition coefficient (Wildman–Crippen LogP) is 5.37. The Morgan fingerprint density at radius 2 is 1.41 bits per heavy atom. The van der Waals surface area contributed by atoms with Gasteiger partial charge < -0.3 is 10.2 Å². The molecule has 0 aliphatic rings. The summed E-state index contributed by atoms with van der Waals surface area (Å²) in [5.74, 6) is -0.410. The normalized spacial score (nSPS) is 10.7. The fraction of sp³-hybridized carbons (Fsp3) is 0.0400. The first-order valence-corrected chi connectivity index (χ1v) is 9.24. The van der Waals surface area contributed by atoms with Gasteiger partial charge in [-0.05, 0) is 48.0 Å². The molecule has 0 heterocycles. The summed E-state index contributed by atoms with van der Waals surface area (Å²) in [6.45, 7) is 3.88. The Labute approximate surface area is 171 Å². The molecule has 4 nitrogen and oxygen atoms in total. The molecule has 4 heteroatoms. The summed E-state index contributed by atoms with van der Waals surface area (Å²) >= 11 is 0. The molecule has 3 aromatic rings. The van der Waals surface area contributed by atoms with Gasteiger partial charge in [0.15, 0.2) is 0 Å². The Morgan fingerprint density at radius 1 is 0.897 bits per heavy atom. The summed E-state index contributed by atoms with van der Waals surface area (Å²) in [5.41, 5.74) is 3.91. The van der Waals surface area contributed by atoms with Crippen molar-refractivity contribution >= 4 is 29.0 Å². The largest absolute Gasteiger partial charge is 0.348 e. The molecule has 0 fully saturated rings. The van der Waals surface area contributed by atoms with Gasteiger partial charge in [0, 0.05) is 23.6 Å². The SMILES string of the molecule is C=CCNC(=O)C(C#N)=Cc1ccc(N(c2ccccc2)c2ccccc2)cc1. The van der Waals surface area contributed by atoms with Crippen LogP contribution in [0, 0.1) is 11.3 Å². The zero-order chi connectivity index (χ0) is 20.5. The summed E-state index contributed by atoms with van der Waals surface area (Å²) in [5, 5.41) is 11.9. The molecule has 0 unspecified atom stereocenters. The molecule has 1 amide bonds. The second-order valence-electron chi connectivity index (χ2n) is 6.27. The molecule has 0 aliphatic carbocycles. The third-order valence-electron chi connectivity index (χ3n) is 4.26. The number of carbonyl (C=O) groups is 1. The standard InChI is InChI=1S/C25H21N3O/c1-2-17-27-25(29)21(19-26)18-20-13-15-24(16-14-20)28(22-9-5-3-6-10-22)23-11-7-4-8-12-23/h2-16,18H,1,17H2,(H,27,29). The van der Waals surface area contributed by atoms with Gasteiger partial charge in [0.1, 0.15) is 11.6 Å². The van der Waals surface area contributed by atoms with E-state index in [-0.39, 0.29) is 5.57 Å². The molecular formula is C25H21N3O. The molecule has 3 rings (SSSR count). The van der Waals surface area contributed by atoms with Crippen molar-refractivity contribution in [3.05, 3.63) is 109 Å². The lowest BCUT2D eigenvalue weighted by Crippen LogP contribution is -2.24. The van der Waals surface area contributed by atoms with Crippen molar-refractivity contribution in [2.24, 2.45) is 0 Å². The van der Waals surface area contributed by atoms with Crippen LogP contribution in [0.4, 0.5) is 17.1 Å². The van der Waals surface area contributed by atoms with Gasteiger partial charge in [-0.3, -0.25) is 4.79 Å². The minimum atomic E-state index is -0.410. The Hall–Kier alpha value is -4.10. The van der Waals surface area contributed by atoms with Crippen molar-refractivity contribution < 1.29 is 4.79 Å². The first-order chi connectivity index (χ1) is 14.2. The van der Waals surface area contributed by atoms with Gasteiger partial charge in [-0.25, -0.2) is 0 Å². The van der Waals surface area contributed by atoms with Crippen molar-refractivity contribution in [3.63, 3.8) is 0 Å². The summed E-state index contributed by atoms with van der Waals surface area (Å²) in [7, 11) is 0. The maximum Gasteiger partial charge on any atom is 0.262 e. The molecule has 0 atom stereocenters. The molecule has 29 heavy (non-hydrogen) atoms. The van der Waals surface area contributed by atoms with Crippen LogP contribution in [0.15, 0.2) is 103 Å². The number of nitrogens with zero attached hydrogens (tertiary/aromatic N) is 2. The molecule has 0 radical (unpaired) electrons. The second-order valence-corrected chi connectivity index (χ2v) is 6.27. The Bertz CT molecular complexity index is 993. The topological polar surface area (TPSA) is 56.1 Å². The summed E-state index contributed by atoms with van der Waals surface area (Å²) in [4.78, 5) is 14.2. The van der Waals surface area contributed by atoms with E-state index in [1.807, 2.05) is 66.7 Å². The van der Waals surface area contributed by atoms with E-state index in [4.69, 9.17) is 0 Å². The predicted molar refractivity (Wildman–Crippen MR) is 118 cm³/mol. The highest BCUT2D eigenvalue weighted by Gasteiger charge is 2.12. The van der Waals surface area contributed by atoms with E-state index in [0.717, 1.165) is 22.6 Å². The number of carbonyl (C=O) groups excluding carboxylic acids is 1. The van der Waals surface area contributed by atoms with Crippen molar-refractivity contribution in [1.82, 2.24) is 5.32 Å². The van der Waals surface area contributed by atoms with Crippen LogP contribution in [-0.4, -0.2) is 12.5 Å². The Morgan fingerprint density at radius 3 is 1.90 bits per heavy atom. The summed E-state index contributed by atoms with van der Waals surface area (Å²) < 4.78 is 0. The highest BCUT2D eigenvalue weighted by Crippen LogP contribution is 2.34. The van der Waals surface area contributed by atoms with Crippen LogP contribution in [0.1, 0.15) is 5.56 Å². The van der Waals surface area contributed by atoms with E-state index in [9.17, 15) is 10.1 Å². The average molecular weight is 379 g/mol. The molecule has 0 aromatic heterocycles. The lowest BCUT2D eigenvalue weighted by Gasteiger charge is -2.25. The fourth-order valence-corrected chi connectivity index (χ4v) is 2.90. The quantitative estimate of drug-likeness (QED) is 0.341. The maximum atomic E-state index is 12.0. The molecule has 3 aromatic carbocycles. The molecule has 0 saturated carbocycles. The van der Waals surface area contributed by atoms with Crippen LogP contribution >= 0.6 is 0 Å². The molecule has 0 spiro atoms. The first-order valence-electron chi connectivity index (χ1n) is 9.24. The van der Waals surface area contributed by atoms with Gasteiger partial charge in [-0.2, -0.15) is 5.26 Å². The summed E-state index contributed by atoms with van der Waals surface area (Å²) in [6.07, 6.45) is 3.15. The molecule has 142 valence electrons. The van der Waals surface area contributed by atoms with Gasteiger partial charge in [-0.1, -0.05) is 54.6 Å². The lowest BCUT2D eigenvalue weighted by molar-refractivity contribution is -0.116. The second kappa shape index (κ2) is 9.72. The van der Waals surface area contributed by atoms with Crippen LogP contribution < -0.4 is 10.2 Å². The number of nitrogens with one attached hydrogen (secondary N) is 1. The monoisotopic (exact) mass is 379 g/mol. The zero-order valence-electron chi connectivity index (χ0n) is 16.0. The van der Waals surface area contributed by atoms with Crippen molar-refractivity contribution in [2.45, 2.75) is 0 Å². The minimum Gasteiger partial charge on any atom is -0.348 e. The van der Waals surface area contributed by atoms with E-state index in [2.05, 4.69) is 41.1 Å². The number of amides is 1. The number of hydrogen-bond donors (Lipinski definition) is 1. The number of anilines is 3. The van der Waals surface area contributed by atoms with Crippen LogP contribution in [0.3, 0.4) is 0 Å². The van der Waals surface area contributed by atoms with Gasteiger partial charge in [0.2, 0.25) is 0 Å². The minimum absolute atomic E-state index is 0.0579. The summed E-state index contributed by atoms with van der Waals surface area (Å²) in [6, 6.07) is 29.9. The van der Waals surface area contributed by atoms with Crippen LogP contribution in [0.25, 0.3) is 6.08 Å². The molecule has 0 saturated heterocycles. The molecule has 0 bridgehead atoms. The van der Waals surface area contributed by atoms with Gasteiger partial charge in [0.25, 0.3) is 5.91 Å². The Kier molecular flexibility index (Phi) is 6.59. The molecule has 1 N–H and O–H groups in total. The maximum absolute atomic E-state index is 12.0. The number of benzene rings is 3. The molecular weight excluding hydrogens is 358 g/mol. The van der Waals surface area contributed by atoms with E-state index < -0.39 is 5.91 Å². The lowest BCUT2D eigenvalue weighted by atomic mass is 10.1.